The van der Waals surface area contributed by atoms with Gasteiger partial charge in [0.05, 0.1) is 0 Å². The molecule has 7 heteroatoms. The van der Waals surface area contributed by atoms with E-state index in [0.717, 1.165) is 31.5 Å². The summed E-state index contributed by atoms with van der Waals surface area (Å²) in [5.74, 6) is -0.0540. The second-order valence-corrected chi connectivity index (χ2v) is 9.72. The quantitative estimate of drug-likeness (QED) is 0.714. The van der Waals surface area contributed by atoms with Gasteiger partial charge in [0.25, 0.3) is 5.91 Å². The Labute approximate surface area is 198 Å². The summed E-state index contributed by atoms with van der Waals surface area (Å²) >= 11 is 5.86. The number of halogens is 2. The average Bonchev–Trinajstić information content (AvgIpc) is 3.12. The summed E-state index contributed by atoms with van der Waals surface area (Å²) in [7, 11) is 0. The van der Waals surface area contributed by atoms with Crippen molar-refractivity contribution in [1.29, 1.82) is 0 Å². The van der Waals surface area contributed by atoms with E-state index < -0.39 is 6.04 Å². The molecule has 3 aliphatic rings. The topological polar surface area (TPSA) is 52.7 Å². The molecule has 172 valence electrons. The summed E-state index contributed by atoms with van der Waals surface area (Å²) in [5, 5.41) is 3.20. The van der Waals surface area contributed by atoms with Crippen LogP contribution >= 0.6 is 11.6 Å². The molecule has 2 amide bonds. The van der Waals surface area contributed by atoms with Crippen LogP contribution in [-0.2, 0) is 17.9 Å². The van der Waals surface area contributed by atoms with Crippen molar-refractivity contribution in [2.45, 2.75) is 50.7 Å². The molecule has 0 spiro atoms. The lowest BCUT2D eigenvalue weighted by Gasteiger charge is -2.32. The van der Waals surface area contributed by atoms with Gasteiger partial charge in [-0.1, -0.05) is 36.4 Å². The zero-order chi connectivity index (χ0) is 23.1. The SMILES string of the molecule is C=C1CCC(N2Cc3cc(C4CCN(Cc5ccc(Cl)cc5F)CC4)ccc3C2=O)C(=O)N1. The number of nitrogens with zero attached hydrogens (tertiary/aromatic N) is 2. The van der Waals surface area contributed by atoms with Crippen LogP contribution in [0.4, 0.5) is 4.39 Å². The Bertz CT molecular complexity index is 1130. The first-order valence-corrected chi connectivity index (χ1v) is 11.9. The number of nitrogens with one attached hydrogen (secondary N) is 1. The van der Waals surface area contributed by atoms with E-state index in [2.05, 4.69) is 28.9 Å². The Balaban J connectivity index is 1.23. The summed E-state index contributed by atoms with van der Waals surface area (Å²) in [6.45, 7) is 6.66. The van der Waals surface area contributed by atoms with Crippen LogP contribution < -0.4 is 5.32 Å². The van der Waals surface area contributed by atoms with Crippen LogP contribution in [0.3, 0.4) is 0 Å². The normalized spacial score (nSPS) is 21.9. The molecule has 3 heterocycles. The lowest BCUT2D eigenvalue weighted by molar-refractivity contribution is -0.126. The molecule has 0 aromatic heterocycles. The first-order chi connectivity index (χ1) is 15.9. The standard InChI is InChI=1S/C26H27ClFN3O2/c1-16-2-7-24(25(32)29-16)31-15-20-12-18(4-6-22(20)26(31)33)17-8-10-30(11-9-17)14-19-3-5-21(27)13-23(19)28/h3-6,12-13,17,24H,1-2,7-11,14-15H2,(H,29,32). The van der Waals surface area contributed by atoms with Crippen LogP contribution in [0, 0.1) is 5.82 Å². The van der Waals surface area contributed by atoms with Gasteiger partial charge in [-0.05, 0) is 74.0 Å². The molecule has 3 aliphatic heterocycles. The Morgan fingerprint density at radius 2 is 1.88 bits per heavy atom. The molecule has 0 aliphatic carbocycles. The van der Waals surface area contributed by atoms with Crippen LogP contribution in [0.5, 0.6) is 0 Å². The number of benzene rings is 2. The first-order valence-electron chi connectivity index (χ1n) is 11.5. The molecule has 0 saturated carbocycles. The van der Waals surface area contributed by atoms with Gasteiger partial charge in [0.1, 0.15) is 11.9 Å². The van der Waals surface area contributed by atoms with Gasteiger partial charge >= 0.3 is 0 Å². The van der Waals surface area contributed by atoms with Gasteiger partial charge in [-0.25, -0.2) is 4.39 Å². The number of hydrogen-bond acceptors (Lipinski definition) is 3. The number of likely N-dealkylation sites (tertiary alicyclic amines) is 1. The second-order valence-electron chi connectivity index (χ2n) is 9.28. The number of carbonyl (C=O) groups excluding carboxylic acids is 2. The van der Waals surface area contributed by atoms with E-state index in [-0.39, 0.29) is 17.6 Å². The van der Waals surface area contributed by atoms with Crippen molar-refractivity contribution >= 4 is 23.4 Å². The number of rotatable bonds is 4. The molecule has 2 saturated heterocycles. The molecule has 2 fully saturated rings. The predicted molar refractivity (Wildman–Crippen MR) is 125 cm³/mol. The summed E-state index contributed by atoms with van der Waals surface area (Å²) in [6, 6.07) is 10.5. The minimum absolute atomic E-state index is 0.0657. The monoisotopic (exact) mass is 467 g/mol. The van der Waals surface area contributed by atoms with Gasteiger partial charge < -0.3 is 10.2 Å². The van der Waals surface area contributed by atoms with Crippen LogP contribution in [0.15, 0.2) is 48.7 Å². The van der Waals surface area contributed by atoms with Gasteiger partial charge in [0.15, 0.2) is 0 Å². The van der Waals surface area contributed by atoms with Gasteiger partial charge in [-0.2, -0.15) is 0 Å². The highest BCUT2D eigenvalue weighted by molar-refractivity contribution is 6.30. The minimum Gasteiger partial charge on any atom is -0.329 e. The van der Waals surface area contributed by atoms with E-state index in [1.165, 1.54) is 11.6 Å². The number of hydrogen-bond donors (Lipinski definition) is 1. The van der Waals surface area contributed by atoms with Crippen molar-refractivity contribution in [2.24, 2.45) is 0 Å². The van der Waals surface area contributed by atoms with Crippen molar-refractivity contribution in [1.82, 2.24) is 15.1 Å². The number of fused-ring (bicyclic) bond motifs is 1. The summed E-state index contributed by atoms with van der Waals surface area (Å²) < 4.78 is 14.1. The molecule has 0 bridgehead atoms. The molecule has 1 N–H and O–H groups in total. The maximum atomic E-state index is 14.1. The van der Waals surface area contributed by atoms with E-state index in [1.807, 2.05) is 6.07 Å². The van der Waals surface area contributed by atoms with Gasteiger partial charge in [0.2, 0.25) is 5.91 Å². The van der Waals surface area contributed by atoms with Crippen molar-refractivity contribution < 1.29 is 14.0 Å². The molecule has 5 rings (SSSR count). The first kappa shape index (κ1) is 22.1. The van der Waals surface area contributed by atoms with Crippen molar-refractivity contribution in [3.63, 3.8) is 0 Å². The Morgan fingerprint density at radius 3 is 2.61 bits per heavy atom. The summed E-state index contributed by atoms with van der Waals surface area (Å²) in [4.78, 5) is 29.3. The highest BCUT2D eigenvalue weighted by Gasteiger charge is 2.38. The highest BCUT2D eigenvalue weighted by Crippen LogP contribution is 2.34. The third kappa shape index (κ3) is 4.42. The third-order valence-corrected chi connectivity index (χ3v) is 7.36. The van der Waals surface area contributed by atoms with Crippen LogP contribution in [0.2, 0.25) is 5.02 Å². The predicted octanol–water partition coefficient (Wildman–Crippen LogP) is 4.61. The van der Waals surface area contributed by atoms with Crippen LogP contribution in [-0.4, -0.2) is 40.7 Å². The number of amides is 2. The Kier molecular flexibility index (Phi) is 5.97. The second kappa shape index (κ2) is 8.92. The highest BCUT2D eigenvalue weighted by atomic mass is 35.5. The molecule has 5 nitrogen and oxygen atoms in total. The van der Waals surface area contributed by atoms with Gasteiger partial charge in [-0.3, -0.25) is 14.5 Å². The Morgan fingerprint density at radius 1 is 1.09 bits per heavy atom. The fourth-order valence-electron chi connectivity index (χ4n) is 5.24. The van der Waals surface area contributed by atoms with Gasteiger partial charge in [-0.15, -0.1) is 0 Å². The smallest absolute Gasteiger partial charge is 0.255 e. The molecule has 1 atom stereocenters. The molecular weight excluding hydrogens is 441 g/mol. The van der Waals surface area contributed by atoms with E-state index in [1.54, 1.807) is 17.0 Å². The lowest BCUT2D eigenvalue weighted by Crippen LogP contribution is -2.49. The fourth-order valence-corrected chi connectivity index (χ4v) is 5.40. The van der Waals surface area contributed by atoms with Crippen LogP contribution in [0.25, 0.3) is 0 Å². The van der Waals surface area contributed by atoms with Crippen LogP contribution in [0.1, 0.15) is 58.6 Å². The maximum Gasteiger partial charge on any atom is 0.255 e. The molecule has 2 aromatic rings. The zero-order valence-corrected chi connectivity index (χ0v) is 19.2. The fraction of sp³-hybridized carbons (Fsp3) is 0.385. The van der Waals surface area contributed by atoms with Crippen molar-refractivity contribution in [3.05, 3.63) is 81.8 Å². The summed E-state index contributed by atoms with van der Waals surface area (Å²) in [5.41, 5.74) is 4.33. The van der Waals surface area contributed by atoms with Gasteiger partial charge in [0, 0.05) is 34.9 Å². The number of carbonyl (C=O) groups is 2. The zero-order valence-electron chi connectivity index (χ0n) is 18.4. The Hall–Kier alpha value is -2.70. The maximum absolute atomic E-state index is 14.1. The van der Waals surface area contributed by atoms with E-state index in [0.29, 0.717) is 53.7 Å². The lowest BCUT2D eigenvalue weighted by atomic mass is 9.87. The van der Waals surface area contributed by atoms with E-state index in [9.17, 15) is 14.0 Å². The molecule has 1 unspecified atom stereocenters. The molecule has 2 aromatic carbocycles. The average molecular weight is 468 g/mol. The number of piperidine rings is 2. The third-order valence-electron chi connectivity index (χ3n) is 7.13. The van der Waals surface area contributed by atoms with E-state index in [4.69, 9.17) is 11.6 Å². The van der Waals surface area contributed by atoms with Crippen molar-refractivity contribution in [2.75, 3.05) is 13.1 Å². The number of allylic oxidation sites excluding steroid dienone is 1. The molecule has 33 heavy (non-hydrogen) atoms. The van der Waals surface area contributed by atoms with E-state index >= 15 is 0 Å². The molecule has 0 radical (unpaired) electrons. The molecular formula is C26H27ClFN3O2. The largest absolute Gasteiger partial charge is 0.329 e. The minimum atomic E-state index is -0.435. The summed E-state index contributed by atoms with van der Waals surface area (Å²) in [6.07, 6.45) is 3.28. The van der Waals surface area contributed by atoms with Crippen molar-refractivity contribution in [3.8, 4) is 0 Å².